The van der Waals surface area contributed by atoms with Gasteiger partial charge in [0.1, 0.15) is 0 Å². The molecule has 3 aliphatic rings. The Balaban J connectivity index is 1.73. The van der Waals surface area contributed by atoms with Crippen LogP contribution in [-0.4, -0.2) is 35.1 Å². The molecule has 21 heavy (non-hydrogen) atoms. The molecule has 1 aliphatic heterocycles. The van der Waals surface area contributed by atoms with E-state index in [4.69, 9.17) is 0 Å². The van der Waals surface area contributed by atoms with Crippen LogP contribution < -0.4 is 0 Å². The van der Waals surface area contributed by atoms with Crippen LogP contribution in [0.15, 0.2) is 0 Å². The van der Waals surface area contributed by atoms with Gasteiger partial charge in [-0.25, -0.2) is 0 Å². The fraction of sp³-hybridized carbons (Fsp3) is 0.944. The van der Waals surface area contributed by atoms with Crippen molar-refractivity contribution in [2.75, 3.05) is 13.1 Å². The number of aliphatic carboxylic acids is 1. The van der Waals surface area contributed by atoms with Crippen LogP contribution in [0.2, 0.25) is 0 Å². The van der Waals surface area contributed by atoms with Crippen LogP contribution in [0, 0.1) is 11.3 Å². The molecular formula is C18H31NO2. The van der Waals surface area contributed by atoms with Crippen LogP contribution in [0.25, 0.3) is 0 Å². The molecule has 2 atom stereocenters. The lowest BCUT2D eigenvalue weighted by molar-refractivity contribution is -0.152. The second-order valence-electron chi connectivity index (χ2n) is 7.72. The largest absolute Gasteiger partial charge is 0.481 e. The maximum atomic E-state index is 12.0. The first-order chi connectivity index (χ1) is 10.2. The maximum absolute atomic E-state index is 12.0. The van der Waals surface area contributed by atoms with Gasteiger partial charge in [-0.05, 0) is 51.0 Å². The number of hydrogen-bond donors (Lipinski definition) is 1. The van der Waals surface area contributed by atoms with Gasteiger partial charge in [-0.15, -0.1) is 0 Å². The topological polar surface area (TPSA) is 40.5 Å². The molecule has 0 radical (unpaired) electrons. The van der Waals surface area contributed by atoms with Crippen LogP contribution >= 0.6 is 0 Å². The Morgan fingerprint density at radius 3 is 2.33 bits per heavy atom. The molecule has 3 nitrogen and oxygen atoms in total. The molecule has 0 aromatic carbocycles. The smallest absolute Gasteiger partial charge is 0.310 e. The first kappa shape index (κ1) is 15.3. The molecule has 1 N–H and O–H groups in total. The lowest BCUT2D eigenvalue weighted by Gasteiger charge is -2.47. The van der Waals surface area contributed by atoms with Crippen molar-refractivity contribution in [3.05, 3.63) is 0 Å². The molecule has 0 spiro atoms. The third-order valence-corrected chi connectivity index (χ3v) is 6.38. The standard InChI is InChI=1S/C18H31NO2/c20-17(21)18(11-5-1-2-6-12-18)14-19-13-7-9-15-8-3-4-10-16(15)19/h15-16H,1-14H2,(H,20,21)/t15-,16-/m1/s1. The molecule has 1 heterocycles. The van der Waals surface area contributed by atoms with Crippen molar-refractivity contribution in [3.63, 3.8) is 0 Å². The van der Waals surface area contributed by atoms with Gasteiger partial charge in [-0.3, -0.25) is 9.69 Å². The Hall–Kier alpha value is -0.570. The first-order valence-corrected chi connectivity index (χ1v) is 9.19. The Morgan fingerprint density at radius 1 is 0.952 bits per heavy atom. The zero-order valence-electron chi connectivity index (χ0n) is 13.4. The third-order valence-electron chi connectivity index (χ3n) is 6.38. The number of fused-ring (bicyclic) bond motifs is 1. The minimum atomic E-state index is -0.526. The van der Waals surface area contributed by atoms with Crippen LogP contribution in [0.5, 0.6) is 0 Å². The van der Waals surface area contributed by atoms with E-state index in [9.17, 15) is 9.90 Å². The van der Waals surface area contributed by atoms with Crippen molar-refractivity contribution in [3.8, 4) is 0 Å². The summed E-state index contributed by atoms with van der Waals surface area (Å²) in [5.74, 6) is 0.325. The quantitative estimate of drug-likeness (QED) is 0.798. The number of rotatable bonds is 3. The van der Waals surface area contributed by atoms with E-state index in [0.717, 1.165) is 44.7 Å². The number of piperidine rings is 1. The van der Waals surface area contributed by atoms with Crippen molar-refractivity contribution in [2.24, 2.45) is 11.3 Å². The summed E-state index contributed by atoms with van der Waals surface area (Å²) in [5, 5.41) is 9.91. The van der Waals surface area contributed by atoms with Gasteiger partial charge in [0.2, 0.25) is 0 Å². The Labute approximate surface area is 129 Å². The maximum Gasteiger partial charge on any atom is 0.310 e. The summed E-state index contributed by atoms with van der Waals surface area (Å²) in [6, 6.07) is 0.687. The summed E-state index contributed by atoms with van der Waals surface area (Å²) in [4.78, 5) is 14.6. The molecule has 0 bridgehead atoms. The second kappa shape index (κ2) is 6.68. The minimum absolute atomic E-state index is 0.449. The van der Waals surface area contributed by atoms with Gasteiger partial charge in [0.25, 0.3) is 0 Å². The summed E-state index contributed by atoms with van der Waals surface area (Å²) in [6.45, 7) is 1.96. The lowest BCUT2D eigenvalue weighted by Crippen LogP contribution is -2.52. The van der Waals surface area contributed by atoms with E-state index in [1.54, 1.807) is 0 Å². The van der Waals surface area contributed by atoms with E-state index in [-0.39, 0.29) is 0 Å². The molecule has 3 rings (SSSR count). The number of hydrogen-bond acceptors (Lipinski definition) is 2. The highest BCUT2D eigenvalue weighted by molar-refractivity contribution is 5.75. The Kier molecular flexibility index (Phi) is 4.88. The Bertz CT molecular complexity index is 358. The van der Waals surface area contributed by atoms with Gasteiger partial charge in [0.15, 0.2) is 0 Å². The SMILES string of the molecule is O=C(O)C1(CN2CCC[C@H]3CCCC[C@H]32)CCCCCC1. The molecule has 0 aromatic rings. The third kappa shape index (κ3) is 3.28. The van der Waals surface area contributed by atoms with E-state index >= 15 is 0 Å². The number of likely N-dealkylation sites (tertiary alicyclic amines) is 1. The highest BCUT2D eigenvalue weighted by Crippen LogP contribution is 2.41. The van der Waals surface area contributed by atoms with Crippen molar-refractivity contribution in [2.45, 2.75) is 83.1 Å². The number of nitrogens with zero attached hydrogens (tertiary/aromatic N) is 1. The van der Waals surface area contributed by atoms with Gasteiger partial charge < -0.3 is 5.11 Å². The molecular weight excluding hydrogens is 262 g/mol. The summed E-state index contributed by atoms with van der Waals surface area (Å²) >= 11 is 0. The zero-order valence-corrected chi connectivity index (χ0v) is 13.4. The molecule has 3 fully saturated rings. The molecule has 120 valence electrons. The summed E-state index contributed by atoms with van der Waals surface area (Å²) in [6.07, 6.45) is 14.5. The van der Waals surface area contributed by atoms with Gasteiger partial charge in [-0.2, -0.15) is 0 Å². The molecule has 3 heteroatoms. The minimum Gasteiger partial charge on any atom is -0.481 e. The summed E-state index contributed by atoms with van der Waals surface area (Å²) < 4.78 is 0. The van der Waals surface area contributed by atoms with Gasteiger partial charge in [0, 0.05) is 12.6 Å². The highest BCUT2D eigenvalue weighted by atomic mass is 16.4. The molecule has 0 aromatic heterocycles. The van der Waals surface area contributed by atoms with E-state index in [0.29, 0.717) is 6.04 Å². The fourth-order valence-electron chi connectivity index (χ4n) is 5.16. The molecule has 2 saturated carbocycles. The lowest BCUT2D eigenvalue weighted by atomic mass is 9.75. The second-order valence-corrected chi connectivity index (χ2v) is 7.72. The van der Waals surface area contributed by atoms with Crippen LogP contribution in [0.1, 0.15) is 77.0 Å². The fourth-order valence-corrected chi connectivity index (χ4v) is 5.16. The normalized spacial score (nSPS) is 33.9. The summed E-state index contributed by atoms with van der Waals surface area (Å²) in [7, 11) is 0. The molecule has 2 aliphatic carbocycles. The van der Waals surface area contributed by atoms with E-state index in [1.165, 1.54) is 51.4 Å². The molecule has 1 saturated heterocycles. The number of carboxylic acid groups (broad SMARTS) is 1. The van der Waals surface area contributed by atoms with E-state index in [2.05, 4.69) is 4.90 Å². The van der Waals surface area contributed by atoms with Gasteiger partial charge in [0.05, 0.1) is 5.41 Å². The first-order valence-electron chi connectivity index (χ1n) is 9.19. The van der Waals surface area contributed by atoms with Gasteiger partial charge >= 0.3 is 5.97 Å². The van der Waals surface area contributed by atoms with Crippen molar-refractivity contribution >= 4 is 5.97 Å². The van der Waals surface area contributed by atoms with E-state index < -0.39 is 11.4 Å². The van der Waals surface area contributed by atoms with Crippen molar-refractivity contribution in [1.29, 1.82) is 0 Å². The zero-order chi connectivity index (χ0) is 14.7. The molecule has 0 unspecified atom stereocenters. The van der Waals surface area contributed by atoms with Crippen LogP contribution in [0.3, 0.4) is 0 Å². The predicted octanol–water partition coefficient (Wildman–Crippen LogP) is 4.07. The van der Waals surface area contributed by atoms with Crippen molar-refractivity contribution < 1.29 is 9.90 Å². The highest BCUT2D eigenvalue weighted by Gasteiger charge is 2.43. The summed E-state index contributed by atoms with van der Waals surface area (Å²) in [5.41, 5.74) is -0.449. The average molecular weight is 293 g/mol. The average Bonchev–Trinajstić information content (AvgIpc) is 2.74. The van der Waals surface area contributed by atoms with Crippen LogP contribution in [0.4, 0.5) is 0 Å². The van der Waals surface area contributed by atoms with E-state index in [1.807, 2.05) is 0 Å². The van der Waals surface area contributed by atoms with Crippen LogP contribution in [-0.2, 0) is 4.79 Å². The Morgan fingerprint density at radius 2 is 1.62 bits per heavy atom. The number of carbonyl (C=O) groups is 1. The number of carboxylic acids is 1. The van der Waals surface area contributed by atoms with Crippen molar-refractivity contribution in [1.82, 2.24) is 4.90 Å². The predicted molar refractivity (Wildman–Crippen MR) is 84.3 cm³/mol. The van der Waals surface area contributed by atoms with Gasteiger partial charge in [-0.1, -0.05) is 38.5 Å². The molecule has 0 amide bonds. The monoisotopic (exact) mass is 293 g/mol.